The molecule has 1 fully saturated rings. The number of rotatable bonds is 5. The summed E-state index contributed by atoms with van der Waals surface area (Å²) in [6.45, 7) is 2.25. The lowest BCUT2D eigenvalue weighted by molar-refractivity contribution is -0.123. The molecule has 0 aromatic carbocycles. The van der Waals surface area contributed by atoms with Gasteiger partial charge >= 0.3 is 0 Å². The molecule has 0 unspecified atom stereocenters. The summed E-state index contributed by atoms with van der Waals surface area (Å²) in [4.78, 5) is 16.2. The number of nitrogens with zero attached hydrogens (tertiary/aromatic N) is 1. The van der Waals surface area contributed by atoms with E-state index in [9.17, 15) is 4.79 Å². The third-order valence-corrected chi connectivity index (χ3v) is 4.13. The SMILES string of the molecule is CCCC1CCC(C(=O)Cc2ccncc2)CC1. The highest BCUT2D eigenvalue weighted by Crippen LogP contribution is 2.32. The van der Waals surface area contributed by atoms with E-state index in [1.165, 1.54) is 25.7 Å². The molecule has 1 heterocycles. The van der Waals surface area contributed by atoms with Crippen LogP contribution in [0.2, 0.25) is 0 Å². The normalized spacial score (nSPS) is 23.8. The van der Waals surface area contributed by atoms with Crippen LogP contribution < -0.4 is 0 Å². The van der Waals surface area contributed by atoms with Crippen LogP contribution in [0.15, 0.2) is 24.5 Å². The summed E-state index contributed by atoms with van der Waals surface area (Å²) in [5.41, 5.74) is 1.10. The number of hydrogen-bond donors (Lipinski definition) is 0. The zero-order chi connectivity index (χ0) is 12.8. The van der Waals surface area contributed by atoms with Crippen molar-refractivity contribution >= 4 is 5.78 Å². The van der Waals surface area contributed by atoms with E-state index in [4.69, 9.17) is 0 Å². The minimum absolute atomic E-state index is 0.311. The van der Waals surface area contributed by atoms with Crippen LogP contribution in [0.3, 0.4) is 0 Å². The molecule has 0 saturated heterocycles. The average Bonchev–Trinajstić information content (AvgIpc) is 2.41. The van der Waals surface area contributed by atoms with Gasteiger partial charge in [0.05, 0.1) is 0 Å². The number of Topliss-reactive ketones (excluding diaryl/α,β-unsaturated/α-hetero) is 1. The molecule has 0 atom stereocenters. The third kappa shape index (κ3) is 3.66. The van der Waals surface area contributed by atoms with E-state index in [0.717, 1.165) is 24.3 Å². The smallest absolute Gasteiger partial charge is 0.140 e. The van der Waals surface area contributed by atoms with Gasteiger partial charge in [0, 0.05) is 24.7 Å². The molecule has 2 nitrogen and oxygen atoms in total. The standard InChI is InChI=1S/C16H23NO/c1-2-3-13-4-6-15(7-5-13)16(18)12-14-8-10-17-11-9-14/h8-11,13,15H,2-7,12H2,1H3. The van der Waals surface area contributed by atoms with Crippen molar-refractivity contribution < 1.29 is 4.79 Å². The van der Waals surface area contributed by atoms with Gasteiger partial charge in [-0.2, -0.15) is 0 Å². The number of carbonyl (C=O) groups excluding carboxylic acids is 1. The first kappa shape index (κ1) is 13.3. The van der Waals surface area contributed by atoms with Crippen molar-refractivity contribution in [3.63, 3.8) is 0 Å². The van der Waals surface area contributed by atoms with Gasteiger partial charge in [-0.15, -0.1) is 0 Å². The number of ketones is 1. The second-order valence-electron chi connectivity index (χ2n) is 5.50. The molecule has 2 heteroatoms. The first-order chi connectivity index (χ1) is 8.79. The number of hydrogen-bond acceptors (Lipinski definition) is 2. The Morgan fingerprint density at radius 1 is 1.22 bits per heavy atom. The molecule has 0 N–H and O–H groups in total. The predicted molar refractivity (Wildman–Crippen MR) is 73.3 cm³/mol. The fourth-order valence-corrected chi connectivity index (χ4v) is 3.03. The van der Waals surface area contributed by atoms with Crippen molar-refractivity contribution in [2.75, 3.05) is 0 Å². The molecule has 0 aliphatic heterocycles. The van der Waals surface area contributed by atoms with Crippen molar-refractivity contribution in [2.45, 2.75) is 51.9 Å². The third-order valence-electron chi connectivity index (χ3n) is 4.13. The summed E-state index contributed by atoms with van der Waals surface area (Å²) in [6, 6.07) is 3.89. The topological polar surface area (TPSA) is 30.0 Å². The first-order valence-electron chi connectivity index (χ1n) is 7.21. The van der Waals surface area contributed by atoms with Gasteiger partial charge in [-0.05, 0) is 49.3 Å². The molecule has 1 saturated carbocycles. The van der Waals surface area contributed by atoms with Crippen molar-refractivity contribution in [3.05, 3.63) is 30.1 Å². The Hall–Kier alpha value is -1.18. The van der Waals surface area contributed by atoms with Crippen LogP contribution in [0.5, 0.6) is 0 Å². The van der Waals surface area contributed by atoms with Crippen molar-refractivity contribution in [2.24, 2.45) is 11.8 Å². The minimum Gasteiger partial charge on any atom is -0.299 e. The molecule has 0 spiro atoms. The second kappa shape index (κ2) is 6.67. The number of carbonyl (C=O) groups is 1. The zero-order valence-electron chi connectivity index (χ0n) is 11.3. The Labute approximate surface area is 110 Å². The molecule has 2 rings (SSSR count). The van der Waals surface area contributed by atoms with Gasteiger partial charge in [-0.3, -0.25) is 9.78 Å². The molecule has 0 bridgehead atoms. The van der Waals surface area contributed by atoms with E-state index in [2.05, 4.69) is 11.9 Å². The van der Waals surface area contributed by atoms with Crippen LogP contribution in [-0.2, 0) is 11.2 Å². The largest absolute Gasteiger partial charge is 0.299 e. The summed E-state index contributed by atoms with van der Waals surface area (Å²) in [5.74, 6) is 1.61. The van der Waals surface area contributed by atoms with Gasteiger partial charge in [-0.1, -0.05) is 19.8 Å². The highest BCUT2D eigenvalue weighted by molar-refractivity contribution is 5.83. The minimum atomic E-state index is 0.311. The second-order valence-corrected chi connectivity index (χ2v) is 5.50. The van der Waals surface area contributed by atoms with E-state index >= 15 is 0 Å². The molecule has 0 amide bonds. The van der Waals surface area contributed by atoms with Crippen molar-refractivity contribution in [1.82, 2.24) is 4.98 Å². The van der Waals surface area contributed by atoms with E-state index in [0.29, 0.717) is 18.1 Å². The van der Waals surface area contributed by atoms with Gasteiger partial charge < -0.3 is 0 Å². The Kier molecular flexibility index (Phi) is 4.91. The highest BCUT2D eigenvalue weighted by atomic mass is 16.1. The highest BCUT2D eigenvalue weighted by Gasteiger charge is 2.25. The Balaban J connectivity index is 1.81. The quantitative estimate of drug-likeness (QED) is 0.789. The molecular weight excluding hydrogens is 222 g/mol. The van der Waals surface area contributed by atoms with E-state index in [1.54, 1.807) is 12.4 Å². The summed E-state index contributed by atoms with van der Waals surface area (Å²) >= 11 is 0. The molecule has 98 valence electrons. The average molecular weight is 245 g/mol. The van der Waals surface area contributed by atoms with Gasteiger partial charge in [0.15, 0.2) is 0 Å². The van der Waals surface area contributed by atoms with Crippen molar-refractivity contribution in [1.29, 1.82) is 0 Å². The summed E-state index contributed by atoms with van der Waals surface area (Å²) in [5, 5.41) is 0. The first-order valence-corrected chi connectivity index (χ1v) is 7.21. The van der Waals surface area contributed by atoms with Crippen LogP contribution in [-0.4, -0.2) is 10.8 Å². The van der Waals surface area contributed by atoms with Crippen LogP contribution in [0.4, 0.5) is 0 Å². The lowest BCUT2D eigenvalue weighted by Crippen LogP contribution is -2.23. The van der Waals surface area contributed by atoms with E-state index < -0.39 is 0 Å². The van der Waals surface area contributed by atoms with Crippen LogP contribution in [0.25, 0.3) is 0 Å². The molecule has 1 aliphatic rings. The zero-order valence-corrected chi connectivity index (χ0v) is 11.3. The Bertz CT molecular complexity index is 366. The predicted octanol–water partition coefficient (Wildman–Crippen LogP) is 3.80. The van der Waals surface area contributed by atoms with E-state index in [1.807, 2.05) is 12.1 Å². The molecule has 1 aromatic heterocycles. The van der Waals surface area contributed by atoms with Gasteiger partial charge in [0.2, 0.25) is 0 Å². The van der Waals surface area contributed by atoms with Crippen LogP contribution in [0, 0.1) is 11.8 Å². The van der Waals surface area contributed by atoms with Crippen LogP contribution in [0.1, 0.15) is 51.0 Å². The van der Waals surface area contributed by atoms with E-state index in [-0.39, 0.29) is 0 Å². The van der Waals surface area contributed by atoms with Gasteiger partial charge in [0.1, 0.15) is 5.78 Å². The Morgan fingerprint density at radius 2 is 1.89 bits per heavy atom. The summed E-state index contributed by atoms with van der Waals surface area (Å²) in [7, 11) is 0. The summed E-state index contributed by atoms with van der Waals surface area (Å²) < 4.78 is 0. The van der Waals surface area contributed by atoms with Gasteiger partial charge in [0.25, 0.3) is 0 Å². The van der Waals surface area contributed by atoms with Gasteiger partial charge in [-0.25, -0.2) is 0 Å². The number of aromatic nitrogens is 1. The molecule has 1 aliphatic carbocycles. The molecule has 18 heavy (non-hydrogen) atoms. The van der Waals surface area contributed by atoms with Crippen LogP contribution >= 0.6 is 0 Å². The fourth-order valence-electron chi connectivity index (χ4n) is 3.03. The Morgan fingerprint density at radius 3 is 2.50 bits per heavy atom. The lowest BCUT2D eigenvalue weighted by Gasteiger charge is -2.27. The maximum atomic E-state index is 12.2. The molecule has 0 radical (unpaired) electrons. The maximum Gasteiger partial charge on any atom is 0.140 e. The number of pyridine rings is 1. The lowest BCUT2D eigenvalue weighted by atomic mass is 9.77. The summed E-state index contributed by atoms with van der Waals surface area (Å²) in [6.07, 6.45) is 11.4. The van der Waals surface area contributed by atoms with Crippen molar-refractivity contribution in [3.8, 4) is 0 Å². The molecule has 1 aromatic rings. The monoisotopic (exact) mass is 245 g/mol. The maximum absolute atomic E-state index is 12.2. The fraction of sp³-hybridized carbons (Fsp3) is 0.625. The molecular formula is C16H23NO.